The molecule has 0 aliphatic rings. The van der Waals surface area contributed by atoms with Crippen molar-refractivity contribution in [1.82, 2.24) is 0 Å². The number of rotatable bonds is 3. The van der Waals surface area contributed by atoms with Gasteiger partial charge in [0.25, 0.3) is 0 Å². The van der Waals surface area contributed by atoms with E-state index in [0.717, 1.165) is 23.8 Å². The molecule has 0 aliphatic carbocycles. The molecule has 0 saturated heterocycles. The van der Waals surface area contributed by atoms with Gasteiger partial charge >= 0.3 is 0 Å². The van der Waals surface area contributed by atoms with Crippen LogP contribution in [0.2, 0.25) is 0 Å². The molecule has 0 N–H and O–H groups in total. The number of aryl methyl sites for hydroxylation is 1. The Morgan fingerprint density at radius 2 is 1.75 bits per heavy atom. The van der Waals surface area contributed by atoms with Gasteiger partial charge < -0.3 is 0 Å². The Labute approximate surface area is 95.7 Å². The molecule has 0 saturated carbocycles. The van der Waals surface area contributed by atoms with E-state index in [4.69, 9.17) is 0 Å². The number of hydrogen-bond donors (Lipinski definition) is 0. The highest BCUT2D eigenvalue weighted by molar-refractivity contribution is 5.75. The number of aldehydes is 1. The lowest BCUT2D eigenvalue weighted by molar-refractivity contribution is 0.112. The van der Waals surface area contributed by atoms with Crippen molar-refractivity contribution < 1.29 is 4.79 Å². The Bertz CT molecular complexity index is 486. The van der Waals surface area contributed by atoms with Crippen molar-refractivity contribution in [3.05, 3.63) is 70.8 Å². The fourth-order valence-corrected chi connectivity index (χ4v) is 1.90. The Kier molecular flexibility index (Phi) is 3.16. The van der Waals surface area contributed by atoms with Gasteiger partial charge in [0.15, 0.2) is 0 Å². The molecule has 1 nitrogen and oxygen atoms in total. The van der Waals surface area contributed by atoms with E-state index in [-0.39, 0.29) is 0 Å². The van der Waals surface area contributed by atoms with E-state index in [1.54, 1.807) is 0 Å². The van der Waals surface area contributed by atoms with E-state index in [2.05, 4.69) is 18.2 Å². The molecule has 2 aromatic rings. The fraction of sp³-hybridized carbons (Fsp3) is 0.133. The highest BCUT2D eigenvalue weighted by atomic mass is 16.1. The summed E-state index contributed by atoms with van der Waals surface area (Å²) in [6, 6.07) is 16.3. The van der Waals surface area contributed by atoms with E-state index < -0.39 is 0 Å². The molecule has 2 rings (SSSR count). The molecular formula is C15H14O. The molecule has 0 spiro atoms. The Morgan fingerprint density at radius 3 is 2.44 bits per heavy atom. The van der Waals surface area contributed by atoms with Gasteiger partial charge in [0.05, 0.1) is 0 Å². The zero-order valence-electron chi connectivity index (χ0n) is 9.31. The molecular weight excluding hydrogens is 196 g/mol. The lowest BCUT2D eigenvalue weighted by Gasteiger charge is -2.04. The van der Waals surface area contributed by atoms with E-state index in [9.17, 15) is 4.79 Å². The second kappa shape index (κ2) is 4.75. The van der Waals surface area contributed by atoms with Crippen LogP contribution in [-0.4, -0.2) is 6.29 Å². The second-order valence-electron chi connectivity index (χ2n) is 4.03. The van der Waals surface area contributed by atoms with Gasteiger partial charge in [-0.15, -0.1) is 0 Å². The molecule has 0 fully saturated rings. The summed E-state index contributed by atoms with van der Waals surface area (Å²) in [7, 11) is 0. The molecule has 80 valence electrons. The molecule has 0 atom stereocenters. The zero-order chi connectivity index (χ0) is 11.4. The van der Waals surface area contributed by atoms with E-state index >= 15 is 0 Å². The van der Waals surface area contributed by atoms with Crippen LogP contribution in [0.25, 0.3) is 0 Å². The van der Waals surface area contributed by atoms with Gasteiger partial charge in [-0.05, 0) is 36.6 Å². The van der Waals surface area contributed by atoms with Crippen LogP contribution in [0.5, 0.6) is 0 Å². The van der Waals surface area contributed by atoms with Crippen molar-refractivity contribution in [1.29, 1.82) is 0 Å². The van der Waals surface area contributed by atoms with Crippen molar-refractivity contribution in [2.24, 2.45) is 0 Å². The Balaban J connectivity index is 2.28. The largest absolute Gasteiger partial charge is 0.298 e. The van der Waals surface area contributed by atoms with Crippen molar-refractivity contribution in [3.63, 3.8) is 0 Å². The smallest absolute Gasteiger partial charge is 0.150 e. The highest BCUT2D eigenvalue weighted by Crippen LogP contribution is 2.13. The van der Waals surface area contributed by atoms with Crippen LogP contribution in [0.3, 0.4) is 0 Å². The average Bonchev–Trinajstić information content (AvgIpc) is 2.29. The fourth-order valence-electron chi connectivity index (χ4n) is 1.90. The van der Waals surface area contributed by atoms with Gasteiger partial charge in [-0.3, -0.25) is 4.79 Å². The summed E-state index contributed by atoms with van der Waals surface area (Å²) in [5, 5.41) is 0. The monoisotopic (exact) mass is 210 g/mol. The summed E-state index contributed by atoms with van der Waals surface area (Å²) in [6.45, 7) is 2.02. The van der Waals surface area contributed by atoms with E-state index in [1.165, 1.54) is 11.1 Å². The van der Waals surface area contributed by atoms with Crippen molar-refractivity contribution in [3.8, 4) is 0 Å². The SMILES string of the molecule is Cc1cc(C=O)cc(Cc2ccccc2)c1. The zero-order valence-corrected chi connectivity index (χ0v) is 9.31. The van der Waals surface area contributed by atoms with Crippen LogP contribution in [-0.2, 0) is 6.42 Å². The summed E-state index contributed by atoms with van der Waals surface area (Å²) in [5.74, 6) is 0. The van der Waals surface area contributed by atoms with Crippen molar-refractivity contribution >= 4 is 6.29 Å². The summed E-state index contributed by atoms with van der Waals surface area (Å²) in [6.07, 6.45) is 1.78. The second-order valence-corrected chi connectivity index (χ2v) is 4.03. The van der Waals surface area contributed by atoms with Gasteiger partial charge in [0, 0.05) is 5.56 Å². The predicted molar refractivity (Wildman–Crippen MR) is 65.8 cm³/mol. The maximum Gasteiger partial charge on any atom is 0.150 e. The van der Waals surface area contributed by atoms with Gasteiger partial charge in [-0.1, -0.05) is 42.0 Å². The minimum Gasteiger partial charge on any atom is -0.298 e. The van der Waals surface area contributed by atoms with Crippen LogP contribution >= 0.6 is 0 Å². The first-order valence-corrected chi connectivity index (χ1v) is 5.37. The third-order valence-corrected chi connectivity index (χ3v) is 2.55. The standard InChI is InChI=1S/C15H14O/c1-12-7-14(10-15(8-12)11-16)9-13-5-3-2-4-6-13/h2-8,10-11H,9H2,1H3. The summed E-state index contributed by atoms with van der Waals surface area (Å²) in [5.41, 5.74) is 4.35. The summed E-state index contributed by atoms with van der Waals surface area (Å²) in [4.78, 5) is 10.8. The molecule has 2 aromatic carbocycles. The molecule has 0 aromatic heterocycles. The minimum atomic E-state index is 0.755. The van der Waals surface area contributed by atoms with Crippen LogP contribution < -0.4 is 0 Å². The number of carbonyl (C=O) groups is 1. The number of carbonyl (C=O) groups excluding carboxylic acids is 1. The lowest BCUT2D eigenvalue weighted by Crippen LogP contribution is -1.91. The Hall–Kier alpha value is -1.89. The highest BCUT2D eigenvalue weighted by Gasteiger charge is 1.99. The maximum atomic E-state index is 10.8. The third-order valence-electron chi connectivity index (χ3n) is 2.55. The lowest BCUT2D eigenvalue weighted by atomic mass is 10.0. The quantitative estimate of drug-likeness (QED) is 0.710. The molecule has 0 radical (unpaired) electrons. The molecule has 0 amide bonds. The first kappa shape index (κ1) is 10.6. The third kappa shape index (κ3) is 2.57. The average molecular weight is 210 g/mol. The van der Waals surface area contributed by atoms with Crippen LogP contribution in [0.15, 0.2) is 48.5 Å². The first-order valence-electron chi connectivity index (χ1n) is 5.37. The van der Waals surface area contributed by atoms with Gasteiger partial charge in [0.1, 0.15) is 6.29 Å². The minimum absolute atomic E-state index is 0.755. The summed E-state index contributed by atoms with van der Waals surface area (Å²) >= 11 is 0. The maximum absolute atomic E-state index is 10.8. The molecule has 0 unspecified atom stereocenters. The first-order chi connectivity index (χ1) is 7.78. The normalized spacial score (nSPS) is 10.1. The molecule has 0 heterocycles. The molecule has 0 aliphatic heterocycles. The molecule has 0 bridgehead atoms. The predicted octanol–water partition coefficient (Wildman–Crippen LogP) is 3.40. The molecule has 1 heteroatoms. The topological polar surface area (TPSA) is 17.1 Å². The van der Waals surface area contributed by atoms with Gasteiger partial charge in [-0.2, -0.15) is 0 Å². The van der Waals surface area contributed by atoms with Gasteiger partial charge in [-0.25, -0.2) is 0 Å². The van der Waals surface area contributed by atoms with Crippen molar-refractivity contribution in [2.45, 2.75) is 13.3 Å². The van der Waals surface area contributed by atoms with E-state index in [0.29, 0.717) is 0 Å². The van der Waals surface area contributed by atoms with Crippen LogP contribution in [0, 0.1) is 6.92 Å². The summed E-state index contributed by atoms with van der Waals surface area (Å²) < 4.78 is 0. The number of benzene rings is 2. The number of hydrogen-bond acceptors (Lipinski definition) is 1. The Morgan fingerprint density at radius 1 is 1.00 bits per heavy atom. The molecule has 16 heavy (non-hydrogen) atoms. The van der Waals surface area contributed by atoms with Crippen LogP contribution in [0.4, 0.5) is 0 Å². The van der Waals surface area contributed by atoms with Gasteiger partial charge in [0.2, 0.25) is 0 Å². The van der Waals surface area contributed by atoms with Crippen molar-refractivity contribution in [2.75, 3.05) is 0 Å². The van der Waals surface area contributed by atoms with E-state index in [1.807, 2.05) is 37.3 Å². The van der Waals surface area contributed by atoms with Crippen LogP contribution in [0.1, 0.15) is 27.0 Å².